The van der Waals surface area contributed by atoms with E-state index in [9.17, 15) is 0 Å². The molecule has 2 aromatic carbocycles. The lowest BCUT2D eigenvalue weighted by Gasteiger charge is -2.22. The smallest absolute Gasteiger partial charge is 0.119 e. The molecule has 118 valence electrons. The van der Waals surface area contributed by atoms with Crippen LogP contribution in [-0.2, 0) is 11.8 Å². The van der Waals surface area contributed by atoms with Gasteiger partial charge in [-0.3, -0.25) is 0 Å². The highest BCUT2D eigenvalue weighted by molar-refractivity contribution is 6.30. The molecule has 0 aliphatic carbocycles. The number of methoxy groups -OCH3 is 1. The predicted molar refractivity (Wildman–Crippen MR) is 95.3 cm³/mol. The van der Waals surface area contributed by atoms with Gasteiger partial charge in [-0.1, -0.05) is 57.5 Å². The van der Waals surface area contributed by atoms with Gasteiger partial charge in [-0.05, 0) is 58.7 Å². The summed E-state index contributed by atoms with van der Waals surface area (Å²) >= 11 is 5.97. The van der Waals surface area contributed by atoms with E-state index in [1.165, 1.54) is 16.7 Å². The molecule has 0 spiro atoms. The fourth-order valence-corrected chi connectivity index (χ4v) is 2.72. The molecule has 0 aromatic heterocycles. The van der Waals surface area contributed by atoms with E-state index in [4.69, 9.17) is 16.3 Å². The maximum atomic E-state index is 5.97. The van der Waals surface area contributed by atoms with Gasteiger partial charge >= 0.3 is 0 Å². The van der Waals surface area contributed by atoms with Crippen LogP contribution in [0.2, 0.25) is 5.02 Å². The van der Waals surface area contributed by atoms with Gasteiger partial charge in [0, 0.05) is 5.02 Å². The minimum Gasteiger partial charge on any atom is -0.497 e. The third-order valence-corrected chi connectivity index (χ3v) is 4.30. The van der Waals surface area contributed by atoms with Crippen molar-refractivity contribution in [3.05, 3.63) is 64.2 Å². The number of hydrogen-bond acceptors (Lipinski definition) is 1. The van der Waals surface area contributed by atoms with E-state index in [0.29, 0.717) is 5.92 Å². The molecule has 1 atom stereocenters. The van der Waals surface area contributed by atoms with Crippen molar-refractivity contribution in [2.75, 3.05) is 7.11 Å². The van der Waals surface area contributed by atoms with Gasteiger partial charge in [0.15, 0.2) is 0 Å². The van der Waals surface area contributed by atoms with Crippen molar-refractivity contribution in [1.29, 1.82) is 0 Å². The lowest BCUT2D eigenvalue weighted by molar-refractivity contribution is 0.412. The zero-order chi connectivity index (χ0) is 16.3. The Morgan fingerprint density at radius 2 is 1.68 bits per heavy atom. The van der Waals surface area contributed by atoms with Crippen LogP contribution in [0.25, 0.3) is 0 Å². The Morgan fingerprint density at radius 1 is 1.05 bits per heavy atom. The first-order valence-electron chi connectivity index (χ1n) is 7.73. The molecular weight excluding hydrogens is 292 g/mol. The van der Waals surface area contributed by atoms with E-state index in [2.05, 4.69) is 58.0 Å². The number of rotatable bonds is 4. The molecule has 2 rings (SSSR count). The summed E-state index contributed by atoms with van der Waals surface area (Å²) in [4.78, 5) is 0. The minimum absolute atomic E-state index is 0.118. The molecule has 0 saturated carbocycles. The van der Waals surface area contributed by atoms with Crippen LogP contribution in [0.15, 0.2) is 42.5 Å². The van der Waals surface area contributed by atoms with Gasteiger partial charge in [-0.2, -0.15) is 0 Å². The number of benzene rings is 2. The first kappa shape index (κ1) is 16.9. The van der Waals surface area contributed by atoms with E-state index in [1.807, 2.05) is 12.1 Å². The molecule has 2 aromatic rings. The fourth-order valence-electron chi connectivity index (χ4n) is 2.59. The van der Waals surface area contributed by atoms with Crippen LogP contribution in [0.3, 0.4) is 0 Å². The summed E-state index contributed by atoms with van der Waals surface area (Å²) in [6.07, 6.45) is 0.988. The van der Waals surface area contributed by atoms with Crippen molar-refractivity contribution in [2.45, 2.75) is 45.4 Å². The fraction of sp³-hybridized carbons (Fsp3) is 0.400. The maximum absolute atomic E-state index is 5.97. The number of ether oxygens (including phenoxy) is 1. The second-order valence-corrected chi connectivity index (χ2v) is 7.41. The summed E-state index contributed by atoms with van der Waals surface area (Å²) in [5.74, 6) is 1.38. The van der Waals surface area contributed by atoms with E-state index in [0.717, 1.165) is 17.2 Å². The van der Waals surface area contributed by atoms with Crippen molar-refractivity contribution in [1.82, 2.24) is 0 Å². The van der Waals surface area contributed by atoms with Gasteiger partial charge < -0.3 is 4.74 Å². The summed E-state index contributed by atoms with van der Waals surface area (Å²) in [6, 6.07) is 14.7. The van der Waals surface area contributed by atoms with Gasteiger partial charge in [0.2, 0.25) is 0 Å². The molecule has 0 N–H and O–H groups in total. The lowest BCUT2D eigenvalue weighted by Crippen LogP contribution is -2.12. The Bertz CT molecular complexity index is 623. The Kier molecular flexibility index (Phi) is 5.18. The molecular formula is C20H25ClO. The van der Waals surface area contributed by atoms with Crippen LogP contribution < -0.4 is 4.74 Å². The summed E-state index contributed by atoms with van der Waals surface area (Å²) < 4.78 is 5.48. The highest BCUT2D eigenvalue weighted by Crippen LogP contribution is 2.30. The highest BCUT2D eigenvalue weighted by atomic mass is 35.5. The zero-order valence-electron chi connectivity index (χ0n) is 14.1. The molecule has 0 saturated heterocycles. The SMILES string of the molecule is COc1cc(CC(C)c2ccc(Cl)cc2)cc(C(C)(C)C)c1. The third kappa shape index (κ3) is 4.27. The van der Waals surface area contributed by atoms with Crippen LogP contribution >= 0.6 is 11.6 Å². The van der Waals surface area contributed by atoms with Crippen molar-refractivity contribution >= 4 is 11.6 Å². The summed E-state index contributed by atoms with van der Waals surface area (Å²) in [5.41, 5.74) is 4.05. The average molecular weight is 317 g/mol. The summed E-state index contributed by atoms with van der Waals surface area (Å²) in [5, 5.41) is 0.785. The molecule has 0 fully saturated rings. The van der Waals surface area contributed by atoms with E-state index in [-0.39, 0.29) is 5.41 Å². The molecule has 22 heavy (non-hydrogen) atoms. The zero-order valence-corrected chi connectivity index (χ0v) is 14.9. The average Bonchev–Trinajstić information content (AvgIpc) is 2.46. The number of halogens is 1. The topological polar surface area (TPSA) is 9.23 Å². The largest absolute Gasteiger partial charge is 0.497 e. The first-order chi connectivity index (χ1) is 10.3. The van der Waals surface area contributed by atoms with Gasteiger partial charge in [0.1, 0.15) is 5.75 Å². The van der Waals surface area contributed by atoms with Gasteiger partial charge in [0.25, 0.3) is 0 Å². The molecule has 1 unspecified atom stereocenters. The van der Waals surface area contributed by atoms with Gasteiger partial charge in [-0.25, -0.2) is 0 Å². The van der Waals surface area contributed by atoms with E-state index in [1.54, 1.807) is 7.11 Å². The van der Waals surface area contributed by atoms with Crippen LogP contribution in [0.5, 0.6) is 5.75 Å². The highest BCUT2D eigenvalue weighted by Gasteiger charge is 2.16. The quantitative estimate of drug-likeness (QED) is 0.673. The molecule has 1 nitrogen and oxygen atoms in total. The van der Waals surface area contributed by atoms with Crippen molar-refractivity contribution in [3.63, 3.8) is 0 Å². The molecule has 2 heteroatoms. The second kappa shape index (κ2) is 6.75. The predicted octanol–water partition coefficient (Wildman–Crippen LogP) is 5.99. The molecule has 0 heterocycles. The molecule has 0 aliphatic rings. The third-order valence-electron chi connectivity index (χ3n) is 4.05. The molecule has 0 bridgehead atoms. The first-order valence-corrected chi connectivity index (χ1v) is 8.11. The Labute approximate surface area is 139 Å². The van der Waals surface area contributed by atoms with Crippen LogP contribution in [-0.4, -0.2) is 7.11 Å². The maximum Gasteiger partial charge on any atom is 0.119 e. The molecule has 0 radical (unpaired) electrons. The monoisotopic (exact) mass is 316 g/mol. The van der Waals surface area contributed by atoms with Crippen molar-refractivity contribution in [2.24, 2.45) is 0 Å². The lowest BCUT2D eigenvalue weighted by atomic mass is 9.84. The van der Waals surface area contributed by atoms with Gasteiger partial charge in [-0.15, -0.1) is 0 Å². The molecule has 0 aliphatic heterocycles. The van der Waals surface area contributed by atoms with Crippen LogP contribution in [0.1, 0.15) is 50.3 Å². The summed E-state index contributed by atoms with van der Waals surface area (Å²) in [6.45, 7) is 8.94. The minimum atomic E-state index is 0.118. The molecule has 0 amide bonds. The van der Waals surface area contributed by atoms with Crippen molar-refractivity contribution < 1.29 is 4.74 Å². The number of hydrogen-bond donors (Lipinski definition) is 0. The Balaban J connectivity index is 2.26. The standard InChI is InChI=1S/C20H25ClO/c1-14(16-6-8-18(21)9-7-16)10-15-11-17(20(2,3)4)13-19(12-15)22-5/h6-9,11-14H,10H2,1-5H3. The summed E-state index contributed by atoms with van der Waals surface area (Å²) in [7, 11) is 1.73. The normalized spacial score (nSPS) is 13.0. The van der Waals surface area contributed by atoms with Crippen molar-refractivity contribution in [3.8, 4) is 5.75 Å². The van der Waals surface area contributed by atoms with Gasteiger partial charge in [0.05, 0.1) is 7.11 Å². The van der Waals surface area contributed by atoms with E-state index >= 15 is 0 Å². The van der Waals surface area contributed by atoms with E-state index < -0.39 is 0 Å². The van der Waals surface area contributed by atoms with Crippen LogP contribution in [0.4, 0.5) is 0 Å². The Hall–Kier alpha value is -1.47. The Morgan fingerprint density at radius 3 is 2.23 bits per heavy atom. The second-order valence-electron chi connectivity index (χ2n) is 6.98. The van der Waals surface area contributed by atoms with Crippen LogP contribution in [0, 0.1) is 0 Å².